The molecular formula is C14H15BrFNS. The third-order valence-electron chi connectivity index (χ3n) is 2.85. The van der Waals surface area contributed by atoms with Crippen LogP contribution >= 0.6 is 27.3 Å². The Kier molecular flexibility index (Phi) is 4.92. The summed E-state index contributed by atoms with van der Waals surface area (Å²) < 4.78 is 14.8. The summed E-state index contributed by atoms with van der Waals surface area (Å²) in [5.74, 6) is -0.133. The largest absolute Gasteiger partial charge is 0.310 e. The van der Waals surface area contributed by atoms with Gasteiger partial charge in [0.25, 0.3) is 0 Å². The van der Waals surface area contributed by atoms with Gasteiger partial charge in [-0.05, 0) is 51.5 Å². The zero-order valence-electron chi connectivity index (χ0n) is 10.1. The lowest BCUT2D eigenvalue weighted by Gasteiger charge is -2.18. The summed E-state index contributed by atoms with van der Waals surface area (Å²) in [6.07, 6.45) is 0.663. The first kappa shape index (κ1) is 13.7. The molecule has 0 spiro atoms. The maximum Gasteiger partial charge on any atom is 0.126 e. The van der Waals surface area contributed by atoms with Gasteiger partial charge >= 0.3 is 0 Å². The summed E-state index contributed by atoms with van der Waals surface area (Å²) >= 11 is 5.20. The Hall–Kier alpha value is -0.710. The number of rotatable bonds is 5. The Balaban J connectivity index is 2.22. The van der Waals surface area contributed by atoms with Crippen molar-refractivity contribution in [3.05, 3.63) is 56.4 Å². The number of thiophene rings is 1. The van der Waals surface area contributed by atoms with Gasteiger partial charge in [-0.1, -0.05) is 25.1 Å². The van der Waals surface area contributed by atoms with Crippen molar-refractivity contribution < 1.29 is 4.39 Å². The van der Waals surface area contributed by atoms with Crippen molar-refractivity contribution in [3.63, 3.8) is 0 Å². The van der Waals surface area contributed by atoms with Gasteiger partial charge in [0, 0.05) is 15.9 Å². The number of hydrogen-bond donors (Lipinski definition) is 1. The van der Waals surface area contributed by atoms with Crippen molar-refractivity contribution in [2.45, 2.75) is 19.4 Å². The minimum Gasteiger partial charge on any atom is -0.310 e. The molecule has 1 nitrogen and oxygen atoms in total. The topological polar surface area (TPSA) is 12.0 Å². The number of likely N-dealkylation sites (N-methyl/N-ethyl adjacent to an activating group) is 1. The van der Waals surface area contributed by atoms with E-state index in [0.717, 1.165) is 16.6 Å². The maximum absolute atomic E-state index is 13.7. The average Bonchev–Trinajstić information content (AvgIpc) is 2.78. The molecule has 0 radical (unpaired) electrons. The Morgan fingerprint density at radius 3 is 2.72 bits per heavy atom. The maximum atomic E-state index is 13.7. The van der Waals surface area contributed by atoms with E-state index in [1.807, 2.05) is 12.1 Å². The summed E-state index contributed by atoms with van der Waals surface area (Å²) in [6, 6.07) is 7.11. The Labute approximate surface area is 119 Å². The third-order valence-corrected chi connectivity index (χ3v) is 4.60. The fourth-order valence-electron chi connectivity index (χ4n) is 1.96. The Morgan fingerprint density at radius 2 is 2.11 bits per heavy atom. The predicted octanol–water partition coefficient (Wildman–Crippen LogP) is 4.54. The van der Waals surface area contributed by atoms with E-state index in [0.29, 0.717) is 6.42 Å². The molecule has 96 valence electrons. The first-order valence-corrected chi connectivity index (χ1v) is 7.64. The molecule has 2 rings (SSSR count). The number of halogens is 2. The van der Waals surface area contributed by atoms with E-state index in [1.54, 1.807) is 17.4 Å². The van der Waals surface area contributed by atoms with Crippen LogP contribution < -0.4 is 5.32 Å². The summed E-state index contributed by atoms with van der Waals surface area (Å²) in [4.78, 5) is 0. The van der Waals surface area contributed by atoms with E-state index in [4.69, 9.17) is 0 Å². The molecule has 1 aromatic heterocycles. The van der Waals surface area contributed by atoms with Crippen molar-refractivity contribution in [2.75, 3.05) is 6.54 Å². The molecule has 0 fully saturated rings. The summed E-state index contributed by atoms with van der Waals surface area (Å²) in [7, 11) is 0. The molecule has 1 aromatic carbocycles. The van der Waals surface area contributed by atoms with Crippen LogP contribution in [0, 0.1) is 5.82 Å². The smallest absolute Gasteiger partial charge is 0.126 e. The van der Waals surface area contributed by atoms with Crippen LogP contribution in [0.2, 0.25) is 0 Å². The van der Waals surface area contributed by atoms with Crippen molar-refractivity contribution in [1.82, 2.24) is 5.32 Å². The van der Waals surface area contributed by atoms with Crippen molar-refractivity contribution in [1.29, 1.82) is 0 Å². The molecule has 0 aliphatic carbocycles. The number of nitrogens with one attached hydrogen (secondary N) is 1. The molecule has 2 aromatic rings. The number of benzene rings is 1. The van der Waals surface area contributed by atoms with E-state index in [1.165, 1.54) is 11.6 Å². The summed E-state index contributed by atoms with van der Waals surface area (Å²) in [5, 5.41) is 7.58. The molecule has 0 saturated carbocycles. The molecule has 0 bridgehead atoms. The van der Waals surface area contributed by atoms with Gasteiger partial charge in [0.1, 0.15) is 5.82 Å². The summed E-state index contributed by atoms with van der Waals surface area (Å²) in [5.41, 5.74) is 1.95. The molecule has 4 heteroatoms. The normalized spacial score (nSPS) is 12.6. The molecule has 1 atom stereocenters. The van der Waals surface area contributed by atoms with Crippen molar-refractivity contribution in [2.24, 2.45) is 0 Å². The van der Waals surface area contributed by atoms with Crippen molar-refractivity contribution >= 4 is 27.3 Å². The third kappa shape index (κ3) is 3.19. The predicted molar refractivity (Wildman–Crippen MR) is 78.5 cm³/mol. The zero-order valence-corrected chi connectivity index (χ0v) is 12.5. The number of hydrogen-bond acceptors (Lipinski definition) is 2. The highest BCUT2D eigenvalue weighted by Gasteiger charge is 2.16. The lowest BCUT2D eigenvalue weighted by Crippen LogP contribution is -2.23. The van der Waals surface area contributed by atoms with Gasteiger partial charge in [-0.15, -0.1) is 0 Å². The molecule has 0 amide bonds. The monoisotopic (exact) mass is 327 g/mol. The highest BCUT2D eigenvalue weighted by molar-refractivity contribution is 9.10. The molecule has 1 unspecified atom stereocenters. The van der Waals surface area contributed by atoms with Crippen molar-refractivity contribution in [3.8, 4) is 0 Å². The van der Waals surface area contributed by atoms with Crippen LogP contribution in [0.3, 0.4) is 0 Å². The molecule has 0 aliphatic rings. The van der Waals surface area contributed by atoms with E-state index in [2.05, 4.69) is 38.9 Å². The van der Waals surface area contributed by atoms with Gasteiger partial charge in [0.2, 0.25) is 0 Å². The minimum atomic E-state index is -0.133. The average molecular weight is 328 g/mol. The second kappa shape index (κ2) is 6.45. The minimum absolute atomic E-state index is 0.133. The van der Waals surface area contributed by atoms with Gasteiger partial charge in [-0.3, -0.25) is 0 Å². The van der Waals surface area contributed by atoms with Crippen LogP contribution in [0.5, 0.6) is 0 Å². The highest BCUT2D eigenvalue weighted by atomic mass is 79.9. The molecule has 0 saturated heterocycles. The second-order valence-electron chi connectivity index (χ2n) is 4.08. The van der Waals surface area contributed by atoms with E-state index in [-0.39, 0.29) is 11.9 Å². The van der Waals surface area contributed by atoms with Crippen LogP contribution in [0.15, 0.2) is 39.5 Å². The van der Waals surface area contributed by atoms with Gasteiger partial charge in [-0.2, -0.15) is 11.3 Å². The Bertz CT molecular complexity index is 512. The van der Waals surface area contributed by atoms with E-state index >= 15 is 0 Å². The first-order chi connectivity index (χ1) is 8.72. The fraction of sp³-hybridized carbons (Fsp3) is 0.286. The quantitative estimate of drug-likeness (QED) is 0.849. The Morgan fingerprint density at radius 1 is 1.33 bits per heavy atom. The molecule has 18 heavy (non-hydrogen) atoms. The molecule has 1 heterocycles. The van der Waals surface area contributed by atoms with E-state index in [9.17, 15) is 4.39 Å². The fourth-order valence-corrected chi connectivity index (χ4v) is 3.59. The second-order valence-corrected chi connectivity index (χ2v) is 5.68. The molecule has 0 aliphatic heterocycles. The summed E-state index contributed by atoms with van der Waals surface area (Å²) in [6.45, 7) is 2.93. The lowest BCUT2D eigenvalue weighted by molar-refractivity contribution is 0.528. The van der Waals surface area contributed by atoms with Gasteiger partial charge in [0.15, 0.2) is 0 Å². The van der Waals surface area contributed by atoms with Crippen LogP contribution in [0.4, 0.5) is 4.39 Å². The van der Waals surface area contributed by atoms with Crippen LogP contribution in [0.25, 0.3) is 0 Å². The van der Waals surface area contributed by atoms with E-state index < -0.39 is 0 Å². The van der Waals surface area contributed by atoms with Gasteiger partial charge in [-0.25, -0.2) is 4.39 Å². The van der Waals surface area contributed by atoms with Gasteiger partial charge < -0.3 is 5.32 Å². The van der Waals surface area contributed by atoms with Crippen LogP contribution in [-0.2, 0) is 6.42 Å². The standard InChI is InChI=1S/C14H15BrFNS/c1-2-17-14(11-8-18-9-12(11)15)7-10-5-3-4-6-13(10)16/h3-6,8-9,14,17H,2,7H2,1H3. The van der Waals surface area contributed by atoms with Crippen LogP contribution in [-0.4, -0.2) is 6.54 Å². The zero-order chi connectivity index (χ0) is 13.0. The SMILES string of the molecule is CCNC(Cc1ccccc1F)c1cscc1Br. The van der Waals surface area contributed by atoms with Gasteiger partial charge in [0.05, 0.1) is 0 Å². The molecular weight excluding hydrogens is 313 g/mol. The molecule has 1 N–H and O–H groups in total. The highest BCUT2D eigenvalue weighted by Crippen LogP contribution is 2.29. The first-order valence-electron chi connectivity index (χ1n) is 5.90. The lowest BCUT2D eigenvalue weighted by atomic mass is 10.0. The van der Waals surface area contributed by atoms with Crippen LogP contribution in [0.1, 0.15) is 24.1 Å².